The second kappa shape index (κ2) is 38.6. The Morgan fingerprint density at radius 1 is 0.380 bits per heavy atom. The zero-order valence-electron chi connectivity index (χ0n) is 33.9. The summed E-state index contributed by atoms with van der Waals surface area (Å²) in [7, 11) is 0. The normalized spacial score (nSPS) is 11.9. The Kier molecular flexibility index (Phi) is 37.4. The average Bonchev–Trinajstić information content (AvgIpc) is 3.09. The molecular weight excluding hydrogens is 624 g/mol. The van der Waals surface area contributed by atoms with Crippen LogP contribution in [-0.4, -0.2) is 37.2 Å². The highest BCUT2D eigenvalue weighted by molar-refractivity contribution is 5.71. The first-order chi connectivity index (χ1) is 24.4. The van der Waals surface area contributed by atoms with Gasteiger partial charge in [0.15, 0.2) is 6.10 Å². The number of unbranched alkanes of at least 4 members (excludes halogenated alkanes) is 26. The fourth-order valence-electron chi connectivity index (χ4n) is 6.45. The van der Waals surface area contributed by atoms with Gasteiger partial charge in [-0.05, 0) is 25.2 Å². The van der Waals surface area contributed by atoms with Gasteiger partial charge in [0.1, 0.15) is 13.2 Å². The molecule has 0 bridgehead atoms. The lowest BCUT2D eigenvalue weighted by molar-refractivity contribution is -0.167. The Morgan fingerprint density at radius 3 is 0.980 bits per heavy atom. The third-order valence-electron chi connectivity index (χ3n) is 9.79. The molecule has 0 aromatic carbocycles. The minimum Gasteiger partial charge on any atom is -0.462 e. The maximum atomic E-state index is 12.5. The monoisotopic (exact) mass is 709 g/mol. The Bertz CT molecular complexity index is 751. The third-order valence-corrected chi connectivity index (χ3v) is 9.79. The second-order valence-electron chi connectivity index (χ2n) is 15.5. The van der Waals surface area contributed by atoms with Crippen molar-refractivity contribution in [2.45, 2.75) is 246 Å². The number of carbonyl (C=O) groups is 3. The van der Waals surface area contributed by atoms with E-state index in [0.29, 0.717) is 19.3 Å². The van der Waals surface area contributed by atoms with E-state index in [1.807, 2.05) is 0 Å². The molecule has 0 aromatic heterocycles. The Hall–Kier alpha value is -1.59. The van der Waals surface area contributed by atoms with Gasteiger partial charge in [0.25, 0.3) is 0 Å². The summed E-state index contributed by atoms with van der Waals surface area (Å²) in [6.07, 6.45) is 36.9. The number of esters is 3. The van der Waals surface area contributed by atoms with Crippen molar-refractivity contribution in [3.05, 3.63) is 0 Å². The van der Waals surface area contributed by atoms with Gasteiger partial charge in [-0.1, -0.05) is 201 Å². The van der Waals surface area contributed by atoms with Crippen LogP contribution in [-0.2, 0) is 28.6 Å². The molecule has 0 rings (SSSR count). The van der Waals surface area contributed by atoms with Crippen LogP contribution in [0.1, 0.15) is 240 Å². The summed E-state index contributed by atoms with van der Waals surface area (Å²) in [5.74, 6) is -0.0441. The molecule has 0 amide bonds. The molecule has 0 unspecified atom stereocenters. The summed E-state index contributed by atoms with van der Waals surface area (Å²) in [4.78, 5) is 37.4. The molecule has 6 heteroatoms. The fraction of sp³-hybridized carbons (Fsp3) is 0.932. The van der Waals surface area contributed by atoms with Gasteiger partial charge in [0.2, 0.25) is 0 Å². The highest BCUT2D eigenvalue weighted by atomic mass is 16.6. The molecule has 0 saturated heterocycles. The van der Waals surface area contributed by atoms with Crippen molar-refractivity contribution in [2.75, 3.05) is 13.2 Å². The molecule has 6 nitrogen and oxygen atoms in total. The number of hydrogen-bond donors (Lipinski definition) is 0. The molecule has 0 heterocycles. The molecule has 0 radical (unpaired) electrons. The molecule has 0 aliphatic carbocycles. The molecule has 0 aliphatic rings. The first-order valence-electron chi connectivity index (χ1n) is 21.9. The lowest BCUT2D eigenvalue weighted by Gasteiger charge is -2.18. The number of hydrogen-bond acceptors (Lipinski definition) is 6. The Labute approximate surface area is 310 Å². The highest BCUT2D eigenvalue weighted by Gasteiger charge is 2.19. The van der Waals surface area contributed by atoms with E-state index in [1.54, 1.807) is 0 Å². The van der Waals surface area contributed by atoms with Gasteiger partial charge in [-0.3, -0.25) is 14.4 Å². The van der Waals surface area contributed by atoms with Gasteiger partial charge in [0, 0.05) is 19.3 Å². The first kappa shape index (κ1) is 48.4. The van der Waals surface area contributed by atoms with Crippen molar-refractivity contribution >= 4 is 17.9 Å². The molecule has 296 valence electrons. The van der Waals surface area contributed by atoms with Gasteiger partial charge in [-0.2, -0.15) is 0 Å². The molecule has 50 heavy (non-hydrogen) atoms. The van der Waals surface area contributed by atoms with Crippen LogP contribution in [0.25, 0.3) is 0 Å². The second-order valence-corrected chi connectivity index (χ2v) is 15.5. The van der Waals surface area contributed by atoms with E-state index < -0.39 is 6.10 Å². The maximum Gasteiger partial charge on any atom is 0.306 e. The zero-order chi connectivity index (χ0) is 36.8. The van der Waals surface area contributed by atoms with Crippen molar-refractivity contribution in [3.8, 4) is 0 Å². The molecule has 0 saturated carbocycles. The predicted octanol–water partition coefficient (Wildman–Crippen LogP) is 13.6. The molecule has 0 N–H and O–H groups in total. The van der Waals surface area contributed by atoms with Crippen LogP contribution in [0.15, 0.2) is 0 Å². The van der Waals surface area contributed by atoms with E-state index in [1.165, 1.54) is 128 Å². The molecular formula is C44H84O6. The summed E-state index contributed by atoms with van der Waals surface area (Å²) in [5.41, 5.74) is 0. The topological polar surface area (TPSA) is 78.9 Å². The van der Waals surface area contributed by atoms with Crippen molar-refractivity contribution in [2.24, 2.45) is 5.92 Å². The van der Waals surface area contributed by atoms with Crippen LogP contribution in [0, 0.1) is 5.92 Å². The van der Waals surface area contributed by atoms with Crippen molar-refractivity contribution < 1.29 is 28.6 Å². The van der Waals surface area contributed by atoms with Gasteiger partial charge in [0.05, 0.1) is 0 Å². The largest absolute Gasteiger partial charge is 0.462 e. The molecule has 0 spiro atoms. The van der Waals surface area contributed by atoms with E-state index in [4.69, 9.17) is 14.2 Å². The van der Waals surface area contributed by atoms with Gasteiger partial charge < -0.3 is 14.2 Å². The van der Waals surface area contributed by atoms with Crippen LogP contribution in [0.5, 0.6) is 0 Å². The van der Waals surface area contributed by atoms with Crippen LogP contribution in [0.3, 0.4) is 0 Å². The number of carbonyl (C=O) groups excluding carboxylic acids is 3. The Balaban J connectivity index is 4.16. The minimum atomic E-state index is -0.757. The van der Waals surface area contributed by atoms with Crippen LogP contribution in [0.4, 0.5) is 0 Å². The maximum absolute atomic E-state index is 12.5. The number of ether oxygens (including phenoxy) is 3. The molecule has 0 fully saturated rings. The van der Waals surface area contributed by atoms with Crippen LogP contribution >= 0.6 is 0 Å². The van der Waals surface area contributed by atoms with Gasteiger partial charge >= 0.3 is 17.9 Å². The van der Waals surface area contributed by atoms with E-state index in [-0.39, 0.29) is 31.1 Å². The number of rotatable bonds is 39. The van der Waals surface area contributed by atoms with Crippen LogP contribution in [0.2, 0.25) is 0 Å². The van der Waals surface area contributed by atoms with Crippen molar-refractivity contribution in [3.63, 3.8) is 0 Å². The highest BCUT2D eigenvalue weighted by Crippen LogP contribution is 2.16. The van der Waals surface area contributed by atoms with Crippen molar-refractivity contribution in [1.29, 1.82) is 0 Å². The molecule has 0 aromatic rings. The summed E-state index contributed by atoms with van der Waals surface area (Å²) in [6.45, 7) is 8.90. The predicted molar refractivity (Wildman–Crippen MR) is 210 cm³/mol. The Morgan fingerprint density at radius 2 is 0.660 bits per heavy atom. The van der Waals surface area contributed by atoms with E-state index in [0.717, 1.165) is 70.1 Å². The van der Waals surface area contributed by atoms with E-state index in [2.05, 4.69) is 27.7 Å². The molecule has 0 aliphatic heterocycles. The quantitative estimate of drug-likeness (QED) is 0.0359. The lowest BCUT2D eigenvalue weighted by Crippen LogP contribution is -2.30. The first-order valence-corrected chi connectivity index (χ1v) is 21.9. The standard InChI is InChI=1S/C44H84O6/c1-5-7-9-11-12-13-14-15-18-21-24-28-31-35-42(45)48-38-41(50-44(47)37-33-26-10-8-6-2)39-49-43(46)36-32-29-25-22-19-16-17-20-23-27-30-34-40(3)4/h40-41H,5-39H2,1-4H3/t41-/m1/s1. The average molecular weight is 709 g/mol. The van der Waals surface area contributed by atoms with E-state index in [9.17, 15) is 14.4 Å². The zero-order valence-corrected chi connectivity index (χ0v) is 33.9. The van der Waals surface area contributed by atoms with Gasteiger partial charge in [-0.25, -0.2) is 0 Å². The summed E-state index contributed by atoms with van der Waals surface area (Å²) < 4.78 is 16.6. The third kappa shape index (κ3) is 37.7. The fourth-order valence-corrected chi connectivity index (χ4v) is 6.45. The van der Waals surface area contributed by atoms with Gasteiger partial charge in [-0.15, -0.1) is 0 Å². The minimum absolute atomic E-state index is 0.0654. The smallest absolute Gasteiger partial charge is 0.306 e. The van der Waals surface area contributed by atoms with Crippen molar-refractivity contribution in [1.82, 2.24) is 0 Å². The van der Waals surface area contributed by atoms with E-state index >= 15 is 0 Å². The summed E-state index contributed by atoms with van der Waals surface area (Å²) in [5, 5.41) is 0. The SMILES string of the molecule is CCCCCCCCCCCCCCCC(=O)OC[C@H](COC(=O)CCCCCCCCCCCCCC(C)C)OC(=O)CCCCCCC. The summed E-state index contributed by atoms with van der Waals surface area (Å²) >= 11 is 0. The lowest BCUT2D eigenvalue weighted by atomic mass is 10.0. The summed E-state index contributed by atoms with van der Waals surface area (Å²) in [6, 6.07) is 0. The van der Waals surface area contributed by atoms with Crippen LogP contribution < -0.4 is 0 Å². The molecule has 1 atom stereocenters.